The molecule has 0 saturated carbocycles. The fraction of sp³-hybridized carbons (Fsp3) is 0.111. The second-order valence-corrected chi connectivity index (χ2v) is 6.99. The van der Waals surface area contributed by atoms with Crippen molar-refractivity contribution in [2.45, 2.75) is 13.0 Å². The van der Waals surface area contributed by atoms with Crippen molar-refractivity contribution < 1.29 is 14.0 Å². The third-order valence-electron chi connectivity index (χ3n) is 3.90. The van der Waals surface area contributed by atoms with Gasteiger partial charge in [0.15, 0.2) is 0 Å². The Morgan fingerprint density at radius 3 is 2.58 bits per heavy atom. The molecule has 3 N–H and O–H groups in total. The topological polar surface area (TPSA) is 70.2 Å². The normalized spacial score (nSPS) is 16.8. The van der Waals surface area contributed by atoms with Gasteiger partial charge in [0.05, 0.1) is 11.6 Å². The molecule has 0 bridgehead atoms. The highest BCUT2D eigenvalue weighted by Gasteiger charge is 2.34. The molecule has 0 aromatic heterocycles. The fourth-order valence-electron chi connectivity index (χ4n) is 2.73. The molecule has 2 aromatic carbocycles. The minimum Gasteiger partial charge on any atom is -0.327 e. The van der Waals surface area contributed by atoms with Crippen molar-refractivity contribution in [3.63, 3.8) is 0 Å². The summed E-state index contributed by atoms with van der Waals surface area (Å²) < 4.78 is 15.3. The molecule has 3 rings (SSSR count). The molecule has 5 nitrogen and oxygen atoms in total. The lowest BCUT2D eigenvalue weighted by Gasteiger charge is -2.29. The molecular weight excluding hydrogens is 425 g/mol. The number of halogens is 3. The number of rotatable bonds is 3. The predicted octanol–water partition coefficient (Wildman–Crippen LogP) is 4.51. The third kappa shape index (κ3) is 3.73. The number of anilines is 1. The minimum atomic E-state index is -1.01. The molecule has 1 aliphatic heterocycles. The van der Waals surface area contributed by atoms with Crippen molar-refractivity contribution in [2.24, 2.45) is 0 Å². The molecule has 134 valence electrons. The monoisotopic (exact) mass is 437 g/mol. The highest BCUT2D eigenvalue weighted by atomic mass is 79.9. The van der Waals surface area contributed by atoms with Crippen LogP contribution in [0.1, 0.15) is 18.5 Å². The fourth-order valence-corrected chi connectivity index (χ4v) is 3.27. The summed E-state index contributed by atoms with van der Waals surface area (Å²) >= 11 is 9.46. The average Bonchev–Trinajstić information content (AvgIpc) is 2.56. The number of allylic oxidation sites excluding steroid dienone is 1. The van der Waals surface area contributed by atoms with Crippen LogP contribution in [-0.4, -0.2) is 11.9 Å². The third-order valence-corrected chi connectivity index (χ3v) is 4.76. The predicted molar refractivity (Wildman–Crippen MR) is 101 cm³/mol. The van der Waals surface area contributed by atoms with Crippen LogP contribution in [0.4, 0.5) is 14.9 Å². The van der Waals surface area contributed by atoms with E-state index in [1.54, 1.807) is 31.2 Å². The minimum absolute atomic E-state index is 0.0457. The molecule has 1 atom stereocenters. The van der Waals surface area contributed by atoms with Crippen molar-refractivity contribution in [1.82, 2.24) is 10.6 Å². The van der Waals surface area contributed by atoms with Gasteiger partial charge in [0.1, 0.15) is 5.82 Å². The number of carbonyl (C=O) groups is 2. The van der Waals surface area contributed by atoms with E-state index in [9.17, 15) is 14.0 Å². The van der Waals surface area contributed by atoms with Gasteiger partial charge in [0.2, 0.25) is 0 Å². The Balaban J connectivity index is 2.00. The number of nitrogens with one attached hydrogen (secondary N) is 3. The van der Waals surface area contributed by atoms with Crippen LogP contribution in [0.15, 0.2) is 58.2 Å². The van der Waals surface area contributed by atoms with Crippen molar-refractivity contribution in [3.8, 4) is 0 Å². The molecule has 26 heavy (non-hydrogen) atoms. The lowest BCUT2D eigenvalue weighted by molar-refractivity contribution is -0.113. The van der Waals surface area contributed by atoms with E-state index in [4.69, 9.17) is 11.6 Å². The molecule has 2 aromatic rings. The highest BCUT2D eigenvalue weighted by molar-refractivity contribution is 9.10. The van der Waals surface area contributed by atoms with E-state index >= 15 is 0 Å². The van der Waals surface area contributed by atoms with Gasteiger partial charge in [0, 0.05) is 26.4 Å². The van der Waals surface area contributed by atoms with Crippen molar-refractivity contribution in [1.29, 1.82) is 0 Å². The van der Waals surface area contributed by atoms with E-state index in [0.29, 0.717) is 11.4 Å². The van der Waals surface area contributed by atoms with E-state index in [0.717, 1.165) is 4.47 Å². The Hall–Kier alpha value is -2.38. The molecule has 0 radical (unpaired) electrons. The molecular formula is C18H14BrClFN3O2. The molecule has 3 amide bonds. The SMILES string of the molecule is CC1=C(C(=O)Nc2ccc(Br)cc2)C(c2c(F)cccc2Cl)NC(=O)N1. The van der Waals surface area contributed by atoms with E-state index < -0.39 is 23.8 Å². The van der Waals surface area contributed by atoms with Crippen LogP contribution in [0.2, 0.25) is 5.02 Å². The smallest absolute Gasteiger partial charge is 0.319 e. The number of carbonyl (C=O) groups excluding carboxylic acids is 2. The van der Waals surface area contributed by atoms with Crippen molar-refractivity contribution in [2.75, 3.05) is 5.32 Å². The standard InChI is InChI=1S/C18H14BrClFN3O2/c1-9-14(17(25)23-11-7-5-10(19)6-8-11)16(24-18(26)22-9)15-12(20)3-2-4-13(15)21/h2-8,16H,1H3,(H,23,25)(H2,22,24,26). The summed E-state index contributed by atoms with van der Waals surface area (Å²) in [6, 6.07) is 9.66. The van der Waals surface area contributed by atoms with Gasteiger partial charge in [0.25, 0.3) is 5.91 Å². The Bertz CT molecular complexity index is 895. The summed E-state index contributed by atoms with van der Waals surface area (Å²) in [5, 5.41) is 7.98. The molecule has 0 spiro atoms. The van der Waals surface area contributed by atoms with Crippen LogP contribution in [0, 0.1) is 5.82 Å². The lowest BCUT2D eigenvalue weighted by atomic mass is 9.94. The Morgan fingerprint density at radius 1 is 1.23 bits per heavy atom. The van der Waals surface area contributed by atoms with Crippen LogP contribution < -0.4 is 16.0 Å². The van der Waals surface area contributed by atoms with Crippen LogP contribution in [0.3, 0.4) is 0 Å². The van der Waals surface area contributed by atoms with Crippen molar-refractivity contribution >= 4 is 45.2 Å². The summed E-state index contributed by atoms with van der Waals surface area (Å²) in [5.74, 6) is -1.08. The van der Waals surface area contributed by atoms with Gasteiger partial charge in [-0.05, 0) is 43.3 Å². The van der Waals surface area contributed by atoms with Gasteiger partial charge < -0.3 is 16.0 Å². The number of hydrogen-bond donors (Lipinski definition) is 3. The largest absolute Gasteiger partial charge is 0.327 e. The summed E-state index contributed by atoms with van der Waals surface area (Å²) in [4.78, 5) is 24.7. The Morgan fingerprint density at radius 2 is 1.92 bits per heavy atom. The maximum Gasteiger partial charge on any atom is 0.319 e. The van der Waals surface area contributed by atoms with Crippen LogP contribution >= 0.6 is 27.5 Å². The molecule has 1 aliphatic rings. The molecule has 1 unspecified atom stereocenters. The van der Waals surface area contributed by atoms with E-state index in [1.165, 1.54) is 18.2 Å². The summed E-state index contributed by atoms with van der Waals surface area (Å²) in [5.41, 5.74) is 1.12. The Kier molecular flexibility index (Phi) is 5.29. The number of amides is 3. The number of benzene rings is 2. The molecule has 8 heteroatoms. The maximum atomic E-state index is 14.4. The van der Waals surface area contributed by atoms with Gasteiger partial charge in [-0.15, -0.1) is 0 Å². The zero-order valence-electron chi connectivity index (χ0n) is 13.6. The van der Waals surface area contributed by atoms with E-state index in [1.807, 2.05) is 0 Å². The first kappa shape index (κ1) is 18.4. The van der Waals surface area contributed by atoms with Crippen molar-refractivity contribution in [3.05, 3.63) is 74.6 Å². The van der Waals surface area contributed by atoms with Gasteiger partial charge in [-0.3, -0.25) is 4.79 Å². The number of urea groups is 1. The summed E-state index contributed by atoms with van der Waals surface area (Å²) in [6.45, 7) is 1.58. The van der Waals surface area contributed by atoms with Gasteiger partial charge in [-0.25, -0.2) is 9.18 Å². The molecule has 0 saturated heterocycles. The lowest BCUT2D eigenvalue weighted by Crippen LogP contribution is -2.46. The van der Waals surface area contributed by atoms with Gasteiger partial charge in [-0.1, -0.05) is 33.6 Å². The maximum absolute atomic E-state index is 14.4. The molecule has 0 fully saturated rings. The van der Waals surface area contributed by atoms with Crippen LogP contribution in [0.25, 0.3) is 0 Å². The average molecular weight is 439 g/mol. The second-order valence-electron chi connectivity index (χ2n) is 5.67. The molecule has 1 heterocycles. The van der Waals surface area contributed by atoms with E-state index in [-0.39, 0.29) is 16.2 Å². The number of hydrogen-bond acceptors (Lipinski definition) is 2. The second kappa shape index (κ2) is 7.47. The van der Waals surface area contributed by atoms with E-state index in [2.05, 4.69) is 31.9 Å². The first-order valence-electron chi connectivity index (χ1n) is 7.66. The Labute approximate surface area is 162 Å². The first-order chi connectivity index (χ1) is 12.4. The summed E-state index contributed by atoms with van der Waals surface area (Å²) in [6.07, 6.45) is 0. The first-order valence-corrected chi connectivity index (χ1v) is 8.83. The van der Waals surface area contributed by atoms with Crippen LogP contribution in [-0.2, 0) is 4.79 Å². The van der Waals surface area contributed by atoms with Crippen LogP contribution in [0.5, 0.6) is 0 Å². The zero-order chi connectivity index (χ0) is 18.8. The zero-order valence-corrected chi connectivity index (χ0v) is 15.9. The summed E-state index contributed by atoms with van der Waals surface area (Å²) in [7, 11) is 0. The molecule has 0 aliphatic carbocycles. The van der Waals surface area contributed by atoms with Gasteiger partial charge in [-0.2, -0.15) is 0 Å². The van der Waals surface area contributed by atoms with Gasteiger partial charge >= 0.3 is 6.03 Å². The quantitative estimate of drug-likeness (QED) is 0.660. The highest BCUT2D eigenvalue weighted by Crippen LogP contribution is 2.34.